The molecule has 0 saturated heterocycles. The summed E-state index contributed by atoms with van der Waals surface area (Å²) in [6.07, 6.45) is 0.147. The van der Waals surface area contributed by atoms with Gasteiger partial charge in [-0.25, -0.2) is 4.79 Å². The number of hydrogen-bond donors (Lipinski definition) is 2. The number of amides is 2. The molecule has 0 fully saturated rings. The van der Waals surface area contributed by atoms with E-state index in [9.17, 15) is 19.2 Å². The van der Waals surface area contributed by atoms with E-state index in [2.05, 4.69) is 10.6 Å². The molecular weight excluding hydrogens is 464 g/mol. The van der Waals surface area contributed by atoms with Crippen LogP contribution in [0, 0.1) is 0 Å². The van der Waals surface area contributed by atoms with Crippen molar-refractivity contribution in [2.45, 2.75) is 58.7 Å². The molecule has 0 aliphatic heterocycles. The summed E-state index contributed by atoms with van der Waals surface area (Å²) in [5, 5.41) is 5.24. The van der Waals surface area contributed by atoms with Crippen molar-refractivity contribution >= 4 is 23.8 Å². The van der Waals surface area contributed by atoms with Gasteiger partial charge in [0.2, 0.25) is 11.8 Å². The SMILES string of the molecule is CCOC(=O)CC[C@@H](NC(=O)[C@H](Cc1ccc(OCc2ccccc2)cc1)NC(C)=O)C(=O)OCC. The Balaban J connectivity index is 2.03. The molecule has 9 heteroatoms. The Bertz CT molecular complexity index is 993. The fraction of sp³-hybridized carbons (Fsp3) is 0.407. The Morgan fingerprint density at radius 1 is 0.806 bits per heavy atom. The van der Waals surface area contributed by atoms with Gasteiger partial charge < -0.3 is 24.8 Å². The van der Waals surface area contributed by atoms with E-state index in [0.29, 0.717) is 12.4 Å². The van der Waals surface area contributed by atoms with Crippen molar-refractivity contribution in [1.82, 2.24) is 10.6 Å². The highest BCUT2D eigenvalue weighted by Crippen LogP contribution is 2.16. The Morgan fingerprint density at radius 2 is 1.47 bits per heavy atom. The number of rotatable bonds is 14. The second-order valence-corrected chi connectivity index (χ2v) is 8.03. The number of esters is 2. The molecule has 2 aromatic carbocycles. The summed E-state index contributed by atoms with van der Waals surface area (Å²) in [4.78, 5) is 48.9. The van der Waals surface area contributed by atoms with Crippen LogP contribution in [-0.4, -0.2) is 49.1 Å². The van der Waals surface area contributed by atoms with Gasteiger partial charge in [0.05, 0.1) is 13.2 Å². The summed E-state index contributed by atoms with van der Waals surface area (Å²) < 4.78 is 15.7. The third-order valence-electron chi connectivity index (χ3n) is 5.14. The van der Waals surface area contributed by atoms with Crippen LogP contribution >= 0.6 is 0 Å². The first-order chi connectivity index (χ1) is 17.3. The van der Waals surface area contributed by atoms with Gasteiger partial charge in [-0.3, -0.25) is 14.4 Å². The van der Waals surface area contributed by atoms with Crippen molar-refractivity contribution in [3.63, 3.8) is 0 Å². The molecule has 0 spiro atoms. The normalized spacial score (nSPS) is 12.1. The van der Waals surface area contributed by atoms with Crippen LogP contribution < -0.4 is 15.4 Å². The molecule has 2 N–H and O–H groups in total. The molecule has 2 amide bonds. The number of benzene rings is 2. The zero-order chi connectivity index (χ0) is 26.3. The highest BCUT2D eigenvalue weighted by molar-refractivity contribution is 5.90. The Hall–Kier alpha value is -3.88. The molecule has 2 aromatic rings. The van der Waals surface area contributed by atoms with Gasteiger partial charge in [0.1, 0.15) is 24.4 Å². The standard InChI is InChI=1S/C27H34N2O7/c1-4-34-25(31)16-15-23(27(33)35-5-2)29-26(32)24(28-19(3)30)17-20-11-13-22(14-12-20)36-18-21-9-7-6-8-10-21/h6-14,23-24H,4-5,15-18H2,1-3H3,(H,28,30)(H,29,32)/t23-,24+/m1/s1. The number of carbonyl (C=O) groups is 4. The molecule has 0 aliphatic carbocycles. The van der Waals surface area contributed by atoms with Crippen molar-refractivity contribution < 1.29 is 33.4 Å². The first kappa shape index (κ1) is 28.4. The maximum absolute atomic E-state index is 13.0. The minimum Gasteiger partial charge on any atom is -0.489 e. The first-order valence-corrected chi connectivity index (χ1v) is 12.0. The van der Waals surface area contributed by atoms with Crippen molar-refractivity contribution in [1.29, 1.82) is 0 Å². The first-order valence-electron chi connectivity index (χ1n) is 12.0. The van der Waals surface area contributed by atoms with E-state index in [1.807, 2.05) is 42.5 Å². The highest BCUT2D eigenvalue weighted by Gasteiger charge is 2.28. The quantitative estimate of drug-likeness (QED) is 0.384. The van der Waals surface area contributed by atoms with Gasteiger partial charge in [-0.15, -0.1) is 0 Å². The van der Waals surface area contributed by atoms with E-state index < -0.39 is 35.8 Å². The van der Waals surface area contributed by atoms with Crippen LogP contribution in [0.3, 0.4) is 0 Å². The van der Waals surface area contributed by atoms with E-state index in [4.69, 9.17) is 14.2 Å². The molecule has 2 rings (SSSR count). The van der Waals surface area contributed by atoms with Crippen LogP contribution in [0.4, 0.5) is 0 Å². The number of carbonyl (C=O) groups excluding carboxylic acids is 4. The summed E-state index contributed by atoms with van der Waals surface area (Å²) in [6, 6.07) is 15.0. The summed E-state index contributed by atoms with van der Waals surface area (Å²) in [7, 11) is 0. The van der Waals surface area contributed by atoms with Gasteiger partial charge >= 0.3 is 11.9 Å². The molecular formula is C27H34N2O7. The van der Waals surface area contributed by atoms with E-state index >= 15 is 0 Å². The maximum Gasteiger partial charge on any atom is 0.328 e. The van der Waals surface area contributed by atoms with Crippen LogP contribution in [0.1, 0.15) is 44.7 Å². The van der Waals surface area contributed by atoms with Gasteiger partial charge in [-0.2, -0.15) is 0 Å². The molecule has 0 aromatic heterocycles. The highest BCUT2D eigenvalue weighted by atomic mass is 16.5. The van der Waals surface area contributed by atoms with Crippen molar-refractivity contribution in [3.8, 4) is 5.75 Å². The van der Waals surface area contributed by atoms with Gasteiger partial charge in [-0.05, 0) is 43.5 Å². The summed E-state index contributed by atoms with van der Waals surface area (Å²) in [5.74, 6) is -1.41. The minimum absolute atomic E-state index is 0.0175. The third-order valence-corrected chi connectivity index (χ3v) is 5.14. The lowest BCUT2D eigenvalue weighted by atomic mass is 10.0. The van der Waals surface area contributed by atoms with Crippen LogP contribution in [0.2, 0.25) is 0 Å². The second-order valence-electron chi connectivity index (χ2n) is 8.03. The van der Waals surface area contributed by atoms with Crippen molar-refractivity contribution in [2.24, 2.45) is 0 Å². The van der Waals surface area contributed by atoms with Crippen molar-refractivity contribution in [3.05, 3.63) is 65.7 Å². The van der Waals surface area contributed by atoms with Crippen molar-refractivity contribution in [2.75, 3.05) is 13.2 Å². The van der Waals surface area contributed by atoms with E-state index in [0.717, 1.165) is 11.1 Å². The number of nitrogens with one attached hydrogen (secondary N) is 2. The van der Waals surface area contributed by atoms with E-state index in [1.165, 1.54) is 6.92 Å². The fourth-order valence-electron chi connectivity index (χ4n) is 3.41. The molecule has 0 radical (unpaired) electrons. The Labute approximate surface area is 211 Å². The van der Waals surface area contributed by atoms with Crippen LogP contribution in [0.15, 0.2) is 54.6 Å². The molecule has 36 heavy (non-hydrogen) atoms. The van der Waals surface area contributed by atoms with Gasteiger partial charge in [0.25, 0.3) is 0 Å². The average Bonchev–Trinajstić information content (AvgIpc) is 2.86. The molecule has 0 aliphatic rings. The van der Waals surface area contributed by atoms with E-state index in [-0.39, 0.29) is 32.5 Å². The lowest BCUT2D eigenvalue weighted by Crippen LogP contribution is -2.52. The number of hydrogen-bond acceptors (Lipinski definition) is 7. The smallest absolute Gasteiger partial charge is 0.328 e. The third kappa shape index (κ3) is 10.2. The molecule has 0 saturated carbocycles. The zero-order valence-corrected chi connectivity index (χ0v) is 21.0. The molecule has 194 valence electrons. The van der Waals surface area contributed by atoms with Crippen LogP contribution in [0.25, 0.3) is 0 Å². The van der Waals surface area contributed by atoms with Gasteiger partial charge in [0, 0.05) is 19.8 Å². The lowest BCUT2D eigenvalue weighted by molar-refractivity contribution is -0.149. The predicted molar refractivity (Wildman–Crippen MR) is 133 cm³/mol. The lowest BCUT2D eigenvalue weighted by Gasteiger charge is -2.22. The average molecular weight is 499 g/mol. The number of ether oxygens (including phenoxy) is 3. The maximum atomic E-state index is 13.0. The fourth-order valence-corrected chi connectivity index (χ4v) is 3.41. The Morgan fingerprint density at radius 3 is 2.08 bits per heavy atom. The monoisotopic (exact) mass is 498 g/mol. The van der Waals surface area contributed by atoms with Crippen LogP contribution in [0.5, 0.6) is 5.75 Å². The molecule has 9 nitrogen and oxygen atoms in total. The topological polar surface area (TPSA) is 120 Å². The summed E-state index contributed by atoms with van der Waals surface area (Å²) in [6.45, 7) is 5.41. The molecule has 0 unspecified atom stereocenters. The molecule has 0 bridgehead atoms. The Kier molecular flexibility index (Phi) is 12.0. The molecule has 2 atom stereocenters. The van der Waals surface area contributed by atoms with Gasteiger partial charge in [0.15, 0.2) is 0 Å². The second kappa shape index (κ2) is 15.2. The summed E-state index contributed by atoms with van der Waals surface area (Å²) >= 11 is 0. The molecule has 0 heterocycles. The zero-order valence-electron chi connectivity index (χ0n) is 21.0. The van der Waals surface area contributed by atoms with Gasteiger partial charge in [-0.1, -0.05) is 42.5 Å². The van der Waals surface area contributed by atoms with Crippen LogP contribution in [-0.2, 0) is 41.7 Å². The minimum atomic E-state index is -1.05. The predicted octanol–water partition coefficient (Wildman–Crippen LogP) is 2.70. The van der Waals surface area contributed by atoms with E-state index in [1.54, 1.807) is 26.0 Å². The summed E-state index contributed by atoms with van der Waals surface area (Å²) in [5.41, 5.74) is 1.83. The largest absolute Gasteiger partial charge is 0.489 e.